The zero-order valence-corrected chi connectivity index (χ0v) is 17.3. The SMILES string of the molecule is Cc1ccc(CCCCc2nnc(NC(=O)Cc3nc(C)sc3C)s2)nn1. The van der Waals surface area contributed by atoms with Gasteiger partial charge in [-0.05, 0) is 52.2 Å². The lowest BCUT2D eigenvalue weighted by Gasteiger charge is -2.00. The molecule has 7 nitrogen and oxygen atoms in total. The molecule has 0 saturated heterocycles. The third-order valence-corrected chi connectivity index (χ3v) is 5.79. The van der Waals surface area contributed by atoms with E-state index in [4.69, 9.17) is 0 Å². The molecule has 0 aliphatic carbocycles. The summed E-state index contributed by atoms with van der Waals surface area (Å²) >= 11 is 3.04. The van der Waals surface area contributed by atoms with E-state index in [-0.39, 0.29) is 12.3 Å². The van der Waals surface area contributed by atoms with E-state index in [2.05, 4.69) is 30.7 Å². The standard InChI is InChI=1S/C18H22N6OS2/c1-11-8-9-14(22-21-11)6-4-5-7-17-23-24-18(27-17)20-16(25)10-15-12(2)26-13(3)19-15/h8-9H,4-7,10H2,1-3H3,(H,20,24,25). The van der Waals surface area contributed by atoms with E-state index >= 15 is 0 Å². The maximum absolute atomic E-state index is 12.2. The minimum atomic E-state index is -0.107. The van der Waals surface area contributed by atoms with Crippen LogP contribution in [0.1, 0.15) is 44.8 Å². The molecule has 0 aliphatic rings. The third kappa shape index (κ3) is 5.86. The fraction of sp³-hybridized carbons (Fsp3) is 0.444. The molecule has 3 rings (SSSR count). The summed E-state index contributed by atoms with van der Waals surface area (Å²) in [7, 11) is 0. The number of aromatic nitrogens is 5. The Morgan fingerprint density at radius 2 is 1.81 bits per heavy atom. The van der Waals surface area contributed by atoms with E-state index in [0.717, 1.165) is 57.7 Å². The summed E-state index contributed by atoms with van der Waals surface area (Å²) in [6, 6.07) is 4.00. The fourth-order valence-corrected chi connectivity index (χ4v) is 4.23. The quantitative estimate of drug-likeness (QED) is 0.580. The van der Waals surface area contributed by atoms with Crippen LogP contribution >= 0.6 is 22.7 Å². The first-order valence-corrected chi connectivity index (χ1v) is 10.5. The molecular formula is C18H22N6OS2. The molecule has 0 radical (unpaired) electrons. The highest BCUT2D eigenvalue weighted by Crippen LogP contribution is 2.20. The van der Waals surface area contributed by atoms with E-state index < -0.39 is 0 Å². The largest absolute Gasteiger partial charge is 0.300 e. The predicted molar refractivity (Wildman–Crippen MR) is 107 cm³/mol. The van der Waals surface area contributed by atoms with Gasteiger partial charge in [0.2, 0.25) is 11.0 Å². The Hall–Kier alpha value is -2.26. The number of hydrogen-bond acceptors (Lipinski definition) is 8. The molecule has 0 bridgehead atoms. The number of thiazole rings is 1. The van der Waals surface area contributed by atoms with Gasteiger partial charge in [0.15, 0.2) is 0 Å². The monoisotopic (exact) mass is 402 g/mol. The van der Waals surface area contributed by atoms with E-state index in [1.165, 1.54) is 11.3 Å². The summed E-state index contributed by atoms with van der Waals surface area (Å²) in [5, 5.41) is 21.8. The number of aryl methyl sites for hydroxylation is 5. The Kier molecular flexibility index (Phi) is 6.57. The van der Waals surface area contributed by atoms with Crippen LogP contribution in [0.4, 0.5) is 5.13 Å². The second-order valence-electron chi connectivity index (χ2n) is 6.33. The molecule has 1 amide bonds. The minimum Gasteiger partial charge on any atom is -0.300 e. The first-order valence-electron chi connectivity index (χ1n) is 8.84. The highest BCUT2D eigenvalue weighted by molar-refractivity contribution is 7.15. The zero-order valence-electron chi connectivity index (χ0n) is 15.7. The predicted octanol–water partition coefficient (Wildman–Crippen LogP) is 3.46. The minimum absolute atomic E-state index is 0.107. The number of carbonyl (C=O) groups is 1. The number of amides is 1. The van der Waals surface area contributed by atoms with Gasteiger partial charge < -0.3 is 5.32 Å². The number of nitrogens with one attached hydrogen (secondary N) is 1. The van der Waals surface area contributed by atoms with Gasteiger partial charge in [-0.25, -0.2) is 4.98 Å². The Bertz CT molecular complexity index is 903. The van der Waals surface area contributed by atoms with Crippen LogP contribution in [0, 0.1) is 20.8 Å². The van der Waals surface area contributed by atoms with Gasteiger partial charge in [0, 0.05) is 11.3 Å². The lowest BCUT2D eigenvalue weighted by Crippen LogP contribution is -2.15. The van der Waals surface area contributed by atoms with Gasteiger partial charge in [0.05, 0.1) is 28.5 Å². The first kappa shape index (κ1) is 19.5. The van der Waals surface area contributed by atoms with Crippen molar-refractivity contribution in [1.29, 1.82) is 0 Å². The topological polar surface area (TPSA) is 93.6 Å². The molecule has 0 fully saturated rings. The number of rotatable bonds is 8. The molecule has 0 aromatic carbocycles. The van der Waals surface area contributed by atoms with Crippen LogP contribution in [-0.2, 0) is 24.1 Å². The first-order chi connectivity index (χ1) is 13.0. The summed E-state index contributed by atoms with van der Waals surface area (Å²) in [4.78, 5) is 17.6. The summed E-state index contributed by atoms with van der Waals surface area (Å²) in [6.07, 6.45) is 4.03. The second kappa shape index (κ2) is 9.09. The molecule has 0 spiro atoms. The number of unbranched alkanes of at least 4 members (excludes halogenated alkanes) is 1. The highest BCUT2D eigenvalue weighted by Gasteiger charge is 2.13. The summed E-state index contributed by atoms with van der Waals surface area (Å²) in [6.45, 7) is 5.86. The average molecular weight is 403 g/mol. The van der Waals surface area contributed by atoms with Crippen LogP contribution in [0.2, 0.25) is 0 Å². The molecule has 3 heterocycles. The van der Waals surface area contributed by atoms with E-state index in [0.29, 0.717) is 5.13 Å². The van der Waals surface area contributed by atoms with Crippen molar-refractivity contribution in [2.45, 2.75) is 52.9 Å². The normalized spacial score (nSPS) is 10.9. The Morgan fingerprint density at radius 1 is 1.00 bits per heavy atom. The lowest BCUT2D eigenvalue weighted by atomic mass is 10.1. The molecule has 142 valence electrons. The molecule has 0 saturated carbocycles. The van der Waals surface area contributed by atoms with Crippen molar-refractivity contribution in [3.63, 3.8) is 0 Å². The summed E-state index contributed by atoms with van der Waals surface area (Å²) in [5.74, 6) is -0.107. The lowest BCUT2D eigenvalue weighted by molar-refractivity contribution is -0.115. The number of anilines is 1. The van der Waals surface area contributed by atoms with Crippen LogP contribution in [0.25, 0.3) is 0 Å². The van der Waals surface area contributed by atoms with Gasteiger partial charge in [-0.1, -0.05) is 11.3 Å². The molecule has 1 N–H and O–H groups in total. The summed E-state index contributed by atoms with van der Waals surface area (Å²) in [5.41, 5.74) is 2.78. The van der Waals surface area contributed by atoms with Crippen molar-refractivity contribution in [1.82, 2.24) is 25.4 Å². The Balaban J connectivity index is 1.42. The van der Waals surface area contributed by atoms with E-state index in [1.807, 2.05) is 32.9 Å². The average Bonchev–Trinajstić information content (AvgIpc) is 3.19. The van der Waals surface area contributed by atoms with Crippen molar-refractivity contribution in [2.24, 2.45) is 0 Å². The van der Waals surface area contributed by atoms with Crippen LogP contribution in [0.3, 0.4) is 0 Å². The van der Waals surface area contributed by atoms with Crippen LogP contribution in [0.5, 0.6) is 0 Å². The van der Waals surface area contributed by atoms with Crippen LogP contribution in [0.15, 0.2) is 12.1 Å². The Morgan fingerprint density at radius 3 is 2.52 bits per heavy atom. The highest BCUT2D eigenvalue weighted by atomic mass is 32.1. The molecule has 0 unspecified atom stereocenters. The molecular weight excluding hydrogens is 380 g/mol. The maximum atomic E-state index is 12.2. The van der Waals surface area contributed by atoms with Crippen molar-refractivity contribution in [2.75, 3.05) is 5.32 Å². The number of hydrogen-bond donors (Lipinski definition) is 1. The molecule has 3 aromatic rings. The number of carbonyl (C=O) groups excluding carboxylic acids is 1. The van der Waals surface area contributed by atoms with Gasteiger partial charge in [0.1, 0.15) is 5.01 Å². The smallest absolute Gasteiger partial charge is 0.232 e. The zero-order chi connectivity index (χ0) is 19.2. The third-order valence-electron chi connectivity index (χ3n) is 3.97. The van der Waals surface area contributed by atoms with Gasteiger partial charge >= 0.3 is 0 Å². The van der Waals surface area contributed by atoms with Crippen molar-refractivity contribution >= 4 is 33.7 Å². The van der Waals surface area contributed by atoms with Gasteiger partial charge in [-0.3, -0.25) is 4.79 Å². The van der Waals surface area contributed by atoms with Gasteiger partial charge in [0.25, 0.3) is 0 Å². The molecule has 0 aliphatic heterocycles. The second-order valence-corrected chi connectivity index (χ2v) is 8.80. The number of nitrogens with zero attached hydrogens (tertiary/aromatic N) is 5. The van der Waals surface area contributed by atoms with Crippen molar-refractivity contribution < 1.29 is 4.79 Å². The Labute approximate surface area is 166 Å². The van der Waals surface area contributed by atoms with Crippen LogP contribution < -0.4 is 5.32 Å². The molecule has 3 aromatic heterocycles. The maximum Gasteiger partial charge on any atom is 0.232 e. The van der Waals surface area contributed by atoms with Crippen molar-refractivity contribution in [3.8, 4) is 0 Å². The van der Waals surface area contributed by atoms with E-state index in [1.54, 1.807) is 11.3 Å². The molecule has 9 heteroatoms. The van der Waals surface area contributed by atoms with E-state index in [9.17, 15) is 4.79 Å². The van der Waals surface area contributed by atoms with Gasteiger partial charge in [-0.2, -0.15) is 10.2 Å². The molecule has 27 heavy (non-hydrogen) atoms. The van der Waals surface area contributed by atoms with Crippen LogP contribution in [-0.4, -0.2) is 31.3 Å². The van der Waals surface area contributed by atoms with Crippen molar-refractivity contribution in [3.05, 3.63) is 44.1 Å². The molecule has 0 atom stereocenters. The fourth-order valence-electron chi connectivity index (χ4n) is 2.60. The summed E-state index contributed by atoms with van der Waals surface area (Å²) < 4.78 is 0. The van der Waals surface area contributed by atoms with Gasteiger partial charge in [-0.15, -0.1) is 21.5 Å².